The molecule has 58 heavy (non-hydrogen) atoms. The Labute approximate surface area is 335 Å². The molecule has 2 aliphatic heterocycles. The Hall–Kier alpha value is -5.71. The lowest BCUT2D eigenvalue weighted by atomic mass is 9.79. The average Bonchev–Trinajstić information content (AvgIpc) is 3.48. The first-order chi connectivity index (χ1) is 27.2. The van der Waals surface area contributed by atoms with Crippen molar-refractivity contribution < 1.29 is 41.8 Å². The van der Waals surface area contributed by atoms with Gasteiger partial charge in [-0.15, -0.1) is 0 Å². The highest BCUT2D eigenvalue weighted by Crippen LogP contribution is 2.45. The van der Waals surface area contributed by atoms with Crippen molar-refractivity contribution >= 4 is 51.0 Å². The van der Waals surface area contributed by atoms with Crippen LogP contribution >= 0.6 is 0 Å². The summed E-state index contributed by atoms with van der Waals surface area (Å²) in [7, 11) is 0.384. The maximum Gasteiger partial charge on any atom is 0.279 e. The summed E-state index contributed by atoms with van der Waals surface area (Å²) in [5.74, 6) is -1.88. The van der Waals surface area contributed by atoms with Crippen LogP contribution in [0.3, 0.4) is 0 Å². The van der Waals surface area contributed by atoms with Crippen molar-refractivity contribution in [3.05, 3.63) is 113 Å². The van der Waals surface area contributed by atoms with Crippen LogP contribution in [-0.2, 0) is 25.7 Å². The molecule has 3 unspecified atom stereocenters. The maximum absolute atomic E-state index is 14.3. The number of methoxy groups -OCH3 is 1. The summed E-state index contributed by atoms with van der Waals surface area (Å²) in [5.41, 5.74) is 3.21. The summed E-state index contributed by atoms with van der Waals surface area (Å²) in [6, 6.07) is 16.2. The van der Waals surface area contributed by atoms with Crippen LogP contribution in [-0.4, -0.2) is 91.4 Å². The summed E-state index contributed by atoms with van der Waals surface area (Å²) in [4.78, 5) is 45.7. The molecular formula is C42H48N5O10S+. The van der Waals surface area contributed by atoms with E-state index in [1.54, 1.807) is 6.08 Å². The van der Waals surface area contributed by atoms with Crippen molar-refractivity contribution in [2.45, 2.75) is 63.6 Å². The summed E-state index contributed by atoms with van der Waals surface area (Å²) >= 11 is 0. The summed E-state index contributed by atoms with van der Waals surface area (Å²) in [5, 5.41) is 24.8. The van der Waals surface area contributed by atoms with Crippen molar-refractivity contribution in [3.8, 4) is 11.5 Å². The number of aliphatic hydroxyl groups excluding tert-OH is 1. The highest BCUT2D eigenvalue weighted by Gasteiger charge is 2.44. The van der Waals surface area contributed by atoms with E-state index in [2.05, 4.69) is 29.1 Å². The van der Waals surface area contributed by atoms with Crippen LogP contribution in [0, 0.1) is 10.1 Å². The predicted molar refractivity (Wildman–Crippen MR) is 220 cm³/mol. The number of amides is 1. The highest BCUT2D eigenvalue weighted by atomic mass is 32.2. The van der Waals surface area contributed by atoms with E-state index in [1.807, 2.05) is 87.1 Å². The van der Waals surface area contributed by atoms with Crippen LogP contribution in [0.4, 0.5) is 17.1 Å². The summed E-state index contributed by atoms with van der Waals surface area (Å²) < 4.78 is 47.7. The van der Waals surface area contributed by atoms with Gasteiger partial charge < -0.3 is 24.8 Å². The zero-order valence-electron chi connectivity index (χ0n) is 33.6. The topological polar surface area (TPSA) is 201 Å². The van der Waals surface area contributed by atoms with Gasteiger partial charge in [0.2, 0.25) is 11.6 Å². The first-order valence-electron chi connectivity index (χ1n) is 18.7. The minimum Gasteiger partial charge on any atom is -0.493 e. The lowest BCUT2D eigenvalue weighted by Crippen LogP contribution is -2.67. The molecule has 0 saturated carbocycles. The molecule has 0 spiro atoms. The molecule has 15 nitrogen and oxygen atoms in total. The molecule has 0 bridgehead atoms. The second kappa shape index (κ2) is 15.6. The van der Waals surface area contributed by atoms with Gasteiger partial charge in [0.25, 0.3) is 15.8 Å². The minimum absolute atomic E-state index is 0.0183. The molecule has 0 fully saturated rings. The third-order valence-corrected chi connectivity index (χ3v) is 12.0. The number of anilines is 1. The Morgan fingerprint density at radius 3 is 2.34 bits per heavy atom. The Balaban J connectivity index is 1.41. The SMILES string of the molecule is COc1cc(C(C)O)c([N+](=O)[O-])cc1OCCNC(=O)C(CS(=O)(=O)O)N=c1/c(=C/C2=[N+](C)c3ccccc3C2(C)C)c(=O)/c1=C\C1N(C)c2ccccc2C1(C)C. The molecule has 4 aromatic rings. The van der Waals surface area contributed by atoms with Gasteiger partial charge in [-0.3, -0.25) is 29.2 Å². The van der Waals surface area contributed by atoms with Crippen molar-refractivity contribution in [2.24, 2.45) is 4.99 Å². The largest absolute Gasteiger partial charge is 0.493 e. The average molecular weight is 815 g/mol. The first-order valence-corrected chi connectivity index (χ1v) is 20.3. The number of fused-ring (bicyclic) bond motifs is 2. The number of ether oxygens (including phenoxy) is 2. The minimum atomic E-state index is -4.77. The van der Waals surface area contributed by atoms with Crippen LogP contribution in [0.1, 0.15) is 57.4 Å². The third kappa shape index (κ3) is 7.66. The number of carbonyl (C=O) groups excluding carboxylic acids is 1. The predicted octanol–water partition coefficient (Wildman–Crippen LogP) is 2.31. The number of nitro benzene ring substituents is 1. The number of hydrogen-bond acceptors (Lipinski definition) is 11. The molecule has 2 heterocycles. The number of hydrogen-bond donors (Lipinski definition) is 3. The van der Waals surface area contributed by atoms with E-state index in [0.717, 1.165) is 34.3 Å². The van der Waals surface area contributed by atoms with Gasteiger partial charge in [0.15, 0.2) is 22.6 Å². The fourth-order valence-corrected chi connectivity index (χ4v) is 8.80. The van der Waals surface area contributed by atoms with Gasteiger partial charge in [0.1, 0.15) is 25.4 Å². The lowest BCUT2D eigenvalue weighted by Gasteiger charge is -2.29. The molecule has 16 heteroatoms. The quantitative estimate of drug-likeness (QED) is 0.0588. The summed E-state index contributed by atoms with van der Waals surface area (Å²) in [6.07, 6.45) is 2.39. The van der Waals surface area contributed by atoms with Gasteiger partial charge in [-0.05, 0) is 44.5 Å². The van der Waals surface area contributed by atoms with Crippen molar-refractivity contribution in [1.82, 2.24) is 5.32 Å². The van der Waals surface area contributed by atoms with E-state index < -0.39 is 55.4 Å². The second-order valence-electron chi connectivity index (χ2n) is 15.7. The standard InChI is InChI=1S/C42H47N5O10S/c1-24(48)25-19-34(56-8)35(22-33(25)47(51)52)57-18-17-43-40(50)30(23-58(53,54)55)44-38-26(20-36-41(2,3)28-13-9-11-15-31(28)45(36)6)39(49)27(38)21-37-42(4,5)29-14-10-12-16-32(29)46(37)7/h9-16,19-22,24,30,36,48H,17-18,23H2,1-8H3,(H-,43,50,53,54,55)/p+1/b26-20-,27-21-,44-38?. The first kappa shape index (κ1) is 41.9. The highest BCUT2D eigenvalue weighted by molar-refractivity contribution is 7.85. The van der Waals surface area contributed by atoms with E-state index in [-0.39, 0.29) is 57.5 Å². The molecule has 3 atom stereocenters. The molecule has 3 N–H and O–H groups in total. The number of nitrogens with one attached hydrogen (secondary N) is 1. The van der Waals surface area contributed by atoms with Crippen LogP contribution in [0.5, 0.6) is 11.5 Å². The summed E-state index contributed by atoms with van der Waals surface area (Å²) in [6.45, 7) is 9.15. The van der Waals surface area contributed by atoms with Crippen molar-refractivity contribution in [3.63, 3.8) is 0 Å². The molecular weight excluding hydrogens is 767 g/mol. The zero-order chi connectivity index (χ0) is 42.5. The van der Waals surface area contributed by atoms with Gasteiger partial charge in [-0.25, -0.2) is 0 Å². The molecule has 0 aliphatic carbocycles. The number of carbonyl (C=O) groups is 1. The Morgan fingerprint density at radius 1 is 1.09 bits per heavy atom. The second-order valence-corrected chi connectivity index (χ2v) is 17.2. The molecule has 0 saturated heterocycles. The Morgan fingerprint density at radius 2 is 1.74 bits per heavy atom. The fraction of sp³-hybridized carbons (Fsp3) is 0.381. The molecule has 4 aromatic carbocycles. The maximum atomic E-state index is 14.3. The Bertz CT molecular complexity index is 2680. The van der Waals surface area contributed by atoms with Gasteiger partial charge >= 0.3 is 0 Å². The number of likely N-dealkylation sites (N-methyl/N-ethyl adjacent to an activating group) is 1. The molecule has 6 rings (SSSR count). The van der Waals surface area contributed by atoms with Gasteiger partial charge in [-0.2, -0.15) is 13.0 Å². The van der Waals surface area contributed by atoms with E-state index in [0.29, 0.717) is 0 Å². The molecule has 0 radical (unpaired) electrons. The van der Waals surface area contributed by atoms with Crippen LogP contribution in [0.15, 0.2) is 70.5 Å². The van der Waals surface area contributed by atoms with Gasteiger partial charge in [-0.1, -0.05) is 50.2 Å². The van der Waals surface area contributed by atoms with Gasteiger partial charge in [0, 0.05) is 41.1 Å². The molecule has 1 amide bonds. The normalized spacial score (nSPS) is 19.0. The third-order valence-electron chi connectivity index (χ3n) is 11.3. The Kier molecular flexibility index (Phi) is 11.2. The lowest BCUT2D eigenvalue weighted by molar-refractivity contribution is -0.400. The number of nitro groups is 1. The van der Waals surface area contributed by atoms with Crippen LogP contribution in [0.2, 0.25) is 0 Å². The number of aliphatic hydroxyl groups is 1. The number of rotatable bonds is 13. The monoisotopic (exact) mass is 814 g/mol. The smallest absolute Gasteiger partial charge is 0.279 e. The number of nitrogens with zero attached hydrogens (tertiary/aromatic N) is 4. The van der Waals surface area contributed by atoms with Crippen molar-refractivity contribution in [2.75, 3.05) is 45.0 Å². The van der Waals surface area contributed by atoms with Crippen LogP contribution in [0.25, 0.3) is 12.2 Å². The molecule has 2 aliphatic rings. The number of para-hydroxylation sites is 2. The van der Waals surface area contributed by atoms with E-state index in [1.165, 1.54) is 20.1 Å². The molecule has 0 aromatic heterocycles. The van der Waals surface area contributed by atoms with E-state index in [9.17, 15) is 37.8 Å². The van der Waals surface area contributed by atoms with Gasteiger partial charge in [0.05, 0.1) is 58.3 Å². The molecule has 306 valence electrons. The van der Waals surface area contributed by atoms with Crippen molar-refractivity contribution in [1.29, 1.82) is 0 Å². The number of benzene rings is 3. The van der Waals surface area contributed by atoms with E-state index in [4.69, 9.17) is 9.47 Å². The van der Waals surface area contributed by atoms with E-state index >= 15 is 0 Å². The van der Waals surface area contributed by atoms with Crippen LogP contribution < -0.4 is 40.9 Å². The fourth-order valence-electron chi connectivity index (χ4n) is 8.17. The zero-order valence-corrected chi connectivity index (χ0v) is 34.5.